The summed E-state index contributed by atoms with van der Waals surface area (Å²) in [6, 6.07) is 16.1. The maximum absolute atomic E-state index is 12.6. The molecule has 0 saturated heterocycles. The van der Waals surface area contributed by atoms with Crippen LogP contribution < -0.4 is 10.1 Å². The van der Waals surface area contributed by atoms with E-state index < -0.39 is 0 Å². The van der Waals surface area contributed by atoms with Gasteiger partial charge in [0.05, 0.1) is 18.9 Å². The highest BCUT2D eigenvalue weighted by atomic mass is 79.9. The summed E-state index contributed by atoms with van der Waals surface area (Å²) in [4.78, 5) is 15.0. The molecule has 216 valence electrons. The van der Waals surface area contributed by atoms with Gasteiger partial charge in [0.25, 0.3) is 0 Å². The summed E-state index contributed by atoms with van der Waals surface area (Å²) in [6.07, 6.45) is 16.5. The topological polar surface area (TPSA) is 41.6 Å². The number of ether oxygens (including phenoxy) is 1. The molecule has 2 aromatic rings. The number of hydrogen-bond acceptors (Lipinski definition) is 4. The van der Waals surface area contributed by atoms with E-state index in [4.69, 9.17) is 4.74 Å². The molecule has 0 saturated carbocycles. The van der Waals surface area contributed by atoms with Crippen molar-refractivity contribution in [2.45, 2.75) is 104 Å². The molecule has 0 aliphatic carbocycles. The van der Waals surface area contributed by atoms with Gasteiger partial charge in [-0.1, -0.05) is 102 Å². The van der Waals surface area contributed by atoms with Crippen molar-refractivity contribution in [1.82, 2.24) is 4.90 Å². The van der Waals surface area contributed by atoms with E-state index >= 15 is 0 Å². The zero-order valence-corrected chi connectivity index (χ0v) is 26.6. The molecule has 4 nitrogen and oxygen atoms in total. The molecule has 0 aromatic heterocycles. The minimum atomic E-state index is 0. The number of carbonyl (C=O) groups excluding carboxylic acids is 1. The first-order chi connectivity index (χ1) is 18.6. The van der Waals surface area contributed by atoms with E-state index in [9.17, 15) is 4.79 Å². The fourth-order valence-electron chi connectivity index (χ4n) is 4.79. The van der Waals surface area contributed by atoms with Crippen molar-refractivity contribution in [3.63, 3.8) is 0 Å². The number of unbranched alkanes of at least 4 members (excludes halogenated alkanes) is 11. The highest BCUT2D eigenvalue weighted by Gasteiger charge is 2.12. The van der Waals surface area contributed by atoms with Crippen molar-refractivity contribution in [3.8, 4) is 5.75 Å². The van der Waals surface area contributed by atoms with Crippen LogP contribution in [-0.2, 0) is 17.8 Å². The second-order valence-corrected chi connectivity index (χ2v) is 11.4. The molecule has 1 amide bonds. The van der Waals surface area contributed by atoms with Gasteiger partial charge in [0.2, 0.25) is 5.91 Å². The number of nitrogens with zero attached hydrogens (tertiary/aromatic N) is 1. The molecule has 6 heteroatoms. The Kier molecular flexibility index (Phi) is 17.1. The molecule has 1 heterocycles. The summed E-state index contributed by atoms with van der Waals surface area (Å²) in [5.74, 6) is 1.87. The van der Waals surface area contributed by atoms with Gasteiger partial charge in [-0.15, -0.1) is 28.7 Å². The van der Waals surface area contributed by atoms with E-state index in [0.717, 1.165) is 42.4 Å². The molecule has 2 aromatic carbocycles. The number of benzene rings is 2. The summed E-state index contributed by atoms with van der Waals surface area (Å²) < 4.78 is 5.92. The van der Waals surface area contributed by atoms with E-state index in [2.05, 4.69) is 41.6 Å². The Morgan fingerprint density at radius 3 is 2.13 bits per heavy atom. The molecular formula is C33H49BrN2O2S. The van der Waals surface area contributed by atoms with Crippen molar-refractivity contribution >= 4 is 40.3 Å². The number of amides is 1. The van der Waals surface area contributed by atoms with Crippen molar-refractivity contribution in [2.75, 3.05) is 17.8 Å². The highest BCUT2D eigenvalue weighted by Crippen LogP contribution is 2.25. The lowest BCUT2D eigenvalue weighted by molar-refractivity contribution is -0.115. The molecule has 0 radical (unpaired) electrons. The van der Waals surface area contributed by atoms with Crippen LogP contribution >= 0.6 is 28.7 Å². The van der Waals surface area contributed by atoms with Crippen LogP contribution in [0.5, 0.6) is 5.75 Å². The highest BCUT2D eigenvalue weighted by molar-refractivity contribution is 8.93. The lowest BCUT2D eigenvalue weighted by atomic mass is 10.1. The summed E-state index contributed by atoms with van der Waals surface area (Å²) in [7, 11) is 0. The van der Waals surface area contributed by atoms with Gasteiger partial charge >= 0.3 is 0 Å². The average Bonchev–Trinajstić information content (AvgIpc) is 3.32. The van der Waals surface area contributed by atoms with E-state index in [1.807, 2.05) is 48.2 Å². The Bertz CT molecular complexity index is 980. The first-order valence-corrected chi connectivity index (χ1v) is 15.8. The second kappa shape index (κ2) is 20.0. The monoisotopic (exact) mass is 616 g/mol. The van der Waals surface area contributed by atoms with Gasteiger partial charge in [-0.2, -0.15) is 0 Å². The third kappa shape index (κ3) is 13.8. The maximum Gasteiger partial charge on any atom is 0.228 e. The molecule has 0 bridgehead atoms. The smallest absolute Gasteiger partial charge is 0.228 e. The number of thioether (sulfide) groups is 1. The van der Waals surface area contributed by atoms with Crippen LogP contribution in [0.25, 0.3) is 0 Å². The molecule has 0 atom stereocenters. The molecule has 0 spiro atoms. The van der Waals surface area contributed by atoms with E-state index in [-0.39, 0.29) is 22.9 Å². The minimum Gasteiger partial charge on any atom is -0.494 e. The summed E-state index contributed by atoms with van der Waals surface area (Å²) >= 11 is 1.82. The van der Waals surface area contributed by atoms with Gasteiger partial charge in [-0.05, 0) is 54.1 Å². The largest absolute Gasteiger partial charge is 0.494 e. The van der Waals surface area contributed by atoms with E-state index in [1.165, 1.54) is 81.9 Å². The molecule has 3 rings (SSSR count). The van der Waals surface area contributed by atoms with Gasteiger partial charge in [0.1, 0.15) is 5.75 Å². The number of allylic oxidation sites excluding steroid dienone is 1. The van der Waals surface area contributed by atoms with Crippen LogP contribution in [0.3, 0.4) is 0 Å². The van der Waals surface area contributed by atoms with E-state index in [1.54, 1.807) is 0 Å². The number of nitrogens with one attached hydrogen (secondary N) is 1. The Morgan fingerprint density at radius 1 is 0.872 bits per heavy atom. The SMILES string of the molecule is Br.CCCCCCCCCCCCCCOc1ccc(CC(=O)Nc2cccc(CN3CSC=C3C)c2)cc1. The Hall–Kier alpha value is -1.92. The van der Waals surface area contributed by atoms with Crippen LogP contribution in [0.1, 0.15) is 102 Å². The standard InChI is InChI=1S/C33H48N2O2S.BrH/c1-3-4-5-6-7-8-9-10-11-12-13-14-22-37-32-20-18-29(19-21-32)24-33(36)34-31-17-15-16-30(23-31)25-35-27-38-26-28(35)2;/h15-21,23,26H,3-14,22,24-25,27H2,1-2H3,(H,34,36);1H. The third-order valence-electron chi connectivity index (χ3n) is 7.12. The molecule has 0 fully saturated rings. The average molecular weight is 618 g/mol. The minimum absolute atomic E-state index is 0. The summed E-state index contributed by atoms with van der Waals surface area (Å²) in [5, 5.41) is 5.25. The van der Waals surface area contributed by atoms with Crippen LogP contribution in [-0.4, -0.2) is 23.3 Å². The van der Waals surface area contributed by atoms with Gasteiger partial charge in [-0.3, -0.25) is 4.79 Å². The maximum atomic E-state index is 12.6. The second-order valence-electron chi connectivity index (χ2n) is 10.6. The molecular weight excluding hydrogens is 568 g/mol. The molecule has 1 aliphatic heterocycles. The van der Waals surface area contributed by atoms with Crippen LogP contribution in [0.15, 0.2) is 59.6 Å². The van der Waals surface area contributed by atoms with Crippen LogP contribution in [0.2, 0.25) is 0 Å². The molecule has 1 aliphatic rings. The molecule has 39 heavy (non-hydrogen) atoms. The molecule has 1 N–H and O–H groups in total. The van der Waals surface area contributed by atoms with Crippen LogP contribution in [0, 0.1) is 0 Å². The lowest BCUT2D eigenvalue weighted by Crippen LogP contribution is -2.17. The number of halogens is 1. The lowest BCUT2D eigenvalue weighted by Gasteiger charge is -2.19. The number of hydrogen-bond donors (Lipinski definition) is 1. The van der Waals surface area contributed by atoms with Crippen molar-refractivity contribution in [3.05, 3.63) is 70.8 Å². The zero-order chi connectivity index (χ0) is 26.8. The zero-order valence-electron chi connectivity index (χ0n) is 24.1. The first kappa shape index (κ1) is 33.3. The van der Waals surface area contributed by atoms with Gasteiger partial charge < -0.3 is 15.0 Å². The number of carbonyl (C=O) groups is 1. The fourth-order valence-corrected chi connectivity index (χ4v) is 5.73. The predicted molar refractivity (Wildman–Crippen MR) is 174 cm³/mol. The quantitative estimate of drug-likeness (QED) is 0.159. The van der Waals surface area contributed by atoms with Crippen molar-refractivity contribution in [2.24, 2.45) is 0 Å². The summed E-state index contributed by atoms with van der Waals surface area (Å²) in [6.45, 7) is 6.04. The van der Waals surface area contributed by atoms with Crippen molar-refractivity contribution < 1.29 is 9.53 Å². The molecule has 0 unspecified atom stereocenters. The summed E-state index contributed by atoms with van der Waals surface area (Å²) in [5.41, 5.74) is 4.34. The Labute approximate surface area is 252 Å². The van der Waals surface area contributed by atoms with Gasteiger partial charge in [-0.25, -0.2) is 0 Å². The predicted octanol–water partition coefficient (Wildman–Crippen LogP) is 9.89. The van der Waals surface area contributed by atoms with Gasteiger partial charge in [0, 0.05) is 17.9 Å². The van der Waals surface area contributed by atoms with Crippen LogP contribution in [0.4, 0.5) is 5.69 Å². The normalized spacial score (nSPS) is 12.7. The first-order valence-electron chi connectivity index (χ1n) is 14.8. The Balaban J connectivity index is 0.00000533. The van der Waals surface area contributed by atoms with E-state index in [0.29, 0.717) is 6.42 Å². The third-order valence-corrected chi connectivity index (χ3v) is 8.09. The van der Waals surface area contributed by atoms with Crippen molar-refractivity contribution in [1.29, 1.82) is 0 Å². The van der Waals surface area contributed by atoms with Gasteiger partial charge in [0.15, 0.2) is 0 Å². The fraction of sp³-hybridized carbons (Fsp3) is 0.545. The number of rotatable bonds is 19. The number of anilines is 1. The Morgan fingerprint density at radius 2 is 1.51 bits per heavy atom.